The summed E-state index contributed by atoms with van der Waals surface area (Å²) in [5.41, 5.74) is 3.81. The van der Waals surface area contributed by atoms with E-state index in [-0.39, 0.29) is 18.7 Å². The van der Waals surface area contributed by atoms with E-state index in [1.54, 1.807) is 13.8 Å². The molecule has 1 unspecified atom stereocenters. The zero-order chi connectivity index (χ0) is 18.0. The summed E-state index contributed by atoms with van der Waals surface area (Å²) in [4.78, 5) is 11.5. The molecule has 2 rings (SSSR count). The van der Waals surface area contributed by atoms with E-state index in [4.69, 9.17) is 0 Å². The fourth-order valence-corrected chi connectivity index (χ4v) is 3.18. The maximum atomic E-state index is 13.5. The monoisotopic (exact) mass is 342 g/mol. The highest BCUT2D eigenvalue weighted by molar-refractivity contribution is 5.78. The van der Waals surface area contributed by atoms with Crippen molar-refractivity contribution in [3.05, 3.63) is 35.4 Å². The fourth-order valence-electron chi connectivity index (χ4n) is 3.18. The highest BCUT2D eigenvalue weighted by Crippen LogP contribution is 2.35. The summed E-state index contributed by atoms with van der Waals surface area (Å²) >= 11 is 0. The van der Waals surface area contributed by atoms with Gasteiger partial charge < -0.3 is 0 Å². The summed E-state index contributed by atoms with van der Waals surface area (Å²) < 4.78 is 40.4. The van der Waals surface area contributed by atoms with Gasteiger partial charge in [0, 0.05) is 12.0 Å². The van der Waals surface area contributed by atoms with Crippen LogP contribution in [0.4, 0.5) is 13.2 Å². The van der Waals surface area contributed by atoms with Crippen LogP contribution in [0.1, 0.15) is 51.2 Å². The van der Waals surface area contributed by atoms with Gasteiger partial charge in [0.15, 0.2) is 0 Å². The van der Waals surface area contributed by atoms with Gasteiger partial charge in [0.25, 0.3) is 0 Å². The van der Waals surface area contributed by atoms with Crippen LogP contribution in [0.25, 0.3) is 0 Å². The molecule has 134 valence electrons. The average molecular weight is 342 g/mol. The Kier molecular flexibility index (Phi) is 5.58. The molecule has 0 saturated carbocycles. The van der Waals surface area contributed by atoms with Crippen LogP contribution in [0.5, 0.6) is 0 Å². The van der Waals surface area contributed by atoms with E-state index in [2.05, 4.69) is 12.3 Å². The first kappa shape index (κ1) is 18.8. The zero-order valence-electron chi connectivity index (χ0n) is 14.4. The molecule has 1 aromatic carbocycles. The molecule has 0 spiro atoms. The first-order chi connectivity index (χ1) is 11.1. The van der Waals surface area contributed by atoms with E-state index in [0.717, 1.165) is 17.0 Å². The second kappa shape index (κ2) is 7.13. The van der Waals surface area contributed by atoms with E-state index in [0.29, 0.717) is 12.8 Å². The Hall–Kier alpha value is -1.56. The largest absolute Gasteiger partial charge is 0.405 e. The second-order valence-corrected chi connectivity index (χ2v) is 7.01. The molecule has 3 nitrogen and oxygen atoms in total. The number of nitrogens with zero attached hydrogens (tertiary/aromatic N) is 1. The number of nitrogens with one attached hydrogen (secondary N) is 1. The summed E-state index contributed by atoms with van der Waals surface area (Å²) in [6.45, 7) is 5.38. The lowest BCUT2D eigenvalue weighted by molar-refractivity contribution is -0.202. The van der Waals surface area contributed by atoms with Crippen molar-refractivity contribution in [2.45, 2.75) is 70.6 Å². The molecule has 0 aliphatic carbocycles. The molecule has 1 amide bonds. The Bertz CT molecular complexity index is 567. The predicted octanol–water partition coefficient (Wildman–Crippen LogP) is 4.02. The van der Waals surface area contributed by atoms with Crippen molar-refractivity contribution in [2.24, 2.45) is 0 Å². The molecule has 1 aliphatic heterocycles. The Labute approximate surface area is 141 Å². The van der Waals surface area contributed by atoms with Crippen molar-refractivity contribution in [1.29, 1.82) is 0 Å². The highest BCUT2D eigenvalue weighted by atomic mass is 19.4. The lowest BCUT2D eigenvalue weighted by Crippen LogP contribution is -2.56. The third-order valence-electron chi connectivity index (χ3n) is 4.55. The number of hydrazine groups is 1. The topological polar surface area (TPSA) is 32.3 Å². The molecule has 1 aromatic rings. The van der Waals surface area contributed by atoms with Crippen molar-refractivity contribution in [3.8, 4) is 0 Å². The number of rotatable bonds is 6. The quantitative estimate of drug-likeness (QED) is 0.847. The van der Waals surface area contributed by atoms with Gasteiger partial charge in [-0.1, -0.05) is 31.2 Å². The molecular formula is C18H25F3N2O. The van der Waals surface area contributed by atoms with Gasteiger partial charge >= 0.3 is 6.18 Å². The van der Waals surface area contributed by atoms with E-state index in [9.17, 15) is 18.0 Å². The van der Waals surface area contributed by atoms with Gasteiger partial charge in [-0.05, 0) is 50.7 Å². The molecule has 1 aliphatic rings. The van der Waals surface area contributed by atoms with Gasteiger partial charge in [-0.15, -0.1) is 0 Å². The van der Waals surface area contributed by atoms with Crippen LogP contribution in [0.2, 0.25) is 0 Å². The van der Waals surface area contributed by atoms with Crippen LogP contribution in [-0.2, 0) is 17.6 Å². The number of carbonyl (C=O) groups excluding carboxylic acids is 1. The number of hydrogen-bond donors (Lipinski definition) is 1. The standard InChI is InChI=1S/C18H25F3N2O/c1-4-13-8-10-14(11-9-13)6-5-7-15(18(19,20)21)23-17(2,3)12-16(24)22-23/h8-11,15H,4-7,12H2,1-3H3,(H,22,24). The number of alkyl halides is 3. The molecule has 1 atom stereocenters. The maximum Gasteiger partial charge on any atom is 0.405 e. The molecule has 1 saturated heterocycles. The van der Waals surface area contributed by atoms with Gasteiger partial charge in [0.1, 0.15) is 6.04 Å². The Morgan fingerprint density at radius 1 is 1.21 bits per heavy atom. The third-order valence-corrected chi connectivity index (χ3v) is 4.55. The zero-order valence-corrected chi connectivity index (χ0v) is 14.4. The van der Waals surface area contributed by atoms with Crippen molar-refractivity contribution in [1.82, 2.24) is 10.4 Å². The maximum absolute atomic E-state index is 13.5. The fraction of sp³-hybridized carbons (Fsp3) is 0.611. The molecule has 1 N–H and O–H groups in total. The minimum atomic E-state index is -4.37. The van der Waals surface area contributed by atoms with Crippen molar-refractivity contribution in [3.63, 3.8) is 0 Å². The lowest BCUT2D eigenvalue weighted by atomic mass is 9.97. The Morgan fingerprint density at radius 2 is 1.79 bits per heavy atom. The third kappa shape index (κ3) is 4.50. The summed E-state index contributed by atoms with van der Waals surface area (Å²) in [6.07, 6.45) is -2.38. The Morgan fingerprint density at radius 3 is 2.25 bits per heavy atom. The first-order valence-electron chi connectivity index (χ1n) is 8.37. The predicted molar refractivity (Wildman–Crippen MR) is 87.3 cm³/mol. The Balaban J connectivity index is 2.00. The van der Waals surface area contributed by atoms with Gasteiger partial charge in [-0.3, -0.25) is 10.2 Å². The first-order valence-corrected chi connectivity index (χ1v) is 8.37. The van der Waals surface area contributed by atoms with E-state index in [1.165, 1.54) is 5.56 Å². The van der Waals surface area contributed by atoms with Crippen LogP contribution in [0.15, 0.2) is 24.3 Å². The van der Waals surface area contributed by atoms with E-state index < -0.39 is 17.8 Å². The van der Waals surface area contributed by atoms with Crippen molar-refractivity contribution in [2.75, 3.05) is 0 Å². The van der Waals surface area contributed by atoms with E-state index >= 15 is 0 Å². The number of benzene rings is 1. The van der Waals surface area contributed by atoms with Crippen LogP contribution >= 0.6 is 0 Å². The summed E-state index contributed by atoms with van der Waals surface area (Å²) in [5.74, 6) is -0.357. The average Bonchev–Trinajstić information content (AvgIpc) is 2.75. The van der Waals surface area contributed by atoms with Gasteiger partial charge in [0.2, 0.25) is 5.91 Å². The SMILES string of the molecule is CCc1ccc(CCCC(N2NC(=O)CC2(C)C)C(F)(F)F)cc1. The second-order valence-electron chi connectivity index (χ2n) is 7.01. The molecule has 6 heteroatoms. The number of carbonyl (C=O) groups is 1. The summed E-state index contributed by atoms with van der Waals surface area (Å²) in [5, 5.41) is 1.09. The minimum absolute atomic E-state index is 0.0389. The molecule has 0 aromatic heterocycles. The normalized spacial score (nSPS) is 19.3. The van der Waals surface area contributed by atoms with E-state index in [1.807, 2.05) is 24.3 Å². The number of aryl methyl sites for hydroxylation is 2. The van der Waals surface area contributed by atoms with Crippen molar-refractivity contribution < 1.29 is 18.0 Å². The van der Waals surface area contributed by atoms with Crippen LogP contribution in [0, 0.1) is 0 Å². The molecule has 24 heavy (non-hydrogen) atoms. The molecular weight excluding hydrogens is 317 g/mol. The van der Waals surface area contributed by atoms with Crippen molar-refractivity contribution >= 4 is 5.91 Å². The molecule has 1 heterocycles. The molecule has 0 radical (unpaired) electrons. The molecule has 0 bridgehead atoms. The smallest absolute Gasteiger partial charge is 0.288 e. The minimum Gasteiger partial charge on any atom is -0.288 e. The number of amides is 1. The van der Waals surface area contributed by atoms with Gasteiger partial charge in [0.05, 0.1) is 0 Å². The lowest BCUT2D eigenvalue weighted by Gasteiger charge is -2.37. The summed E-state index contributed by atoms with van der Waals surface area (Å²) in [6, 6.07) is 6.32. The van der Waals surface area contributed by atoms with Crippen LogP contribution in [-0.4, -0.2) is 28.7 Å². The van der Waals surface area contributed by atoms with Gasteiger partial charge in [-0.2, -0.15) is 13.2 Å². The summed E-state index contributed by atoms with van der Waals surface area (Å²) in [7, 11) is 0. The van der Waals surface area contributed by atoms with Crippen LogP contribution in [0.3, 0.4) is 0 Å². The molecule has 1 fully saturated rings. The number of hydrogen-bond acceptors (Lipinski definition) is 2. The number of halogens is 3. The highest BCUT2D eigenvalue weighted by Gasteiger charge is 2.51. The van der Waals surface area contributed by atoms with Crippen LogP contribution < -0.4 is 5.43 Å². The van der Waals surface area contributed by atoms with Gasteiger partial charge in [-0.25, -0.2) is 5.01 Å².